The van der Waals surface area contributed by atoms with E-state index in [0.29, 0.717) is 11.6 Å². The van der Waals surface area contributed by atoms with Crippen molar-refractivity contribution in [2.45, 2.75) is 9.37 Å². The molecule has 0 saturated heterocycles. The molecule has 2 rings (SSSR count). The van der Waals surface area contributed by atoms with Crippen LogP contribution in [0.3, 0.4) is 0 Å². The van der Waals surface area contributed by atoms with Gasteiger partial charge >= 0.3 is 0 Å². The minimum Gasteiger partial charge on any atom is -0.490 e. The molecule has 0 radical (unpaired) electrons. The van der Waals surface area contributed by atoms with Crippen molar-refractivity contribution in [3.63, 3.8) is 0 Å². The van der Waals surface area contributed by atoms with Gasteiger partial charge in [-0.25, -0.2) is 9.97 Å². The molecular formula is C8H9N5OS2. The Bertz CT molecular complexity index is 461. The second kappa shape index (κ2) is 5.08. The monoisotopic (exact) mass is 255 g/mol. The first kappa shape index (κ1) is 11.1. The van der Waals surface area contributed by atoms with E-state index in [0.717, 1.165) is 9.37 Å². The molecule has 2 aromatic heterocycles. The van der Waals surface area contributed by atoms with Crippen molar-refractivity contribution in [3.8, 4) is 5.75 Å². The number of methoxy groups -OCH3 is 1. The molecule has 6 nitrogen and oxygen atoms in total. The Morgan fingerprint density at radius 1 is 1.44 bits per heavy atom. The van der Waals surface area contributed by atoms with E-state index in [1.54, 1.807) is 19.7 Å². The Morgan fingerprint density at radius 2 is 2.31 bits per heavy atom. The Hall–Kier alpha value is -1.41. The first-order chi connectivity index (χ1) is 7.85. The van der Waals surface area contributed by atoms with Crippen LogP contribution in [0.15, 0.2) is 21.2 Å². The average Bonchev–Trinajstić information content (AvgIpc) is 2.81. The van der Waals surface area contributed by atoms with Gasteiger partial charge in [-0.15, -0.1) is 10.2 Å². The second-order valence-corrected chi connectivity index (χ2v) is 4.69. The summed E-state index contributed by atoms with van der Waals surface area (Å²) < 4.78 is 6.08. The number of aromatic nitrogens is 4. The molecular weight excluding hydrogens is 246 g/mol. The van der Waals surface area contributed by atoms with Crippen LogP contribution in [0.2, 0.25) is 0 Å². The summed E-state index contributed by atoms with van der Waals surface area (Å²) in [6.45, 7) is 0. The average molecular weight is 255 g/mol. The number of nitrogens with one attached hydrogen (secondary N) is 1. The van der Waals surface area contributed by atoms with Gasteiger partial charge in [0.2, 0.25) is 0 Å². The molecule has 0 spiro atoms. The number of hydrogen-bond acceptors (Lipinski definition) is 8. The summed E-state index contributed by atoms with van der Waals surface area (Å²) in [6.07, 6.45) is 1.48. The van der Waals surface area contributed by atoms with Crippen molar-refractivity contribution in [2.24, 2.45) is 0 Å². The van der Waals surface area contributed by atoms with Gasteiger partial charge in [0.15, 0.2) is 20.9 Å². The van der Waals surface area contributed by atoms with Crippen LogP contribution in [0.1, 0.15) is 0 Å². The van der Waals surface area contributed by atoms with Gasteiger partial charge in [0.25, 0.3) is 0 Å². The van der Waals surface area contributed by atoms with Gasteiger partial charge in [0, 0.05) is 7.05 Å². The minimum absolute atomic E-state index is 0.616. The minimum atomic E-state index is 0.616. The Morgan fingerprint density at radius 3 is 2.94 bits per heavy atom. The zero-order chi connectivity index (χ0) is 11.4. The van der Waals surface area contributed by atoms with Crippen LogP contribution in [-0.4, -0.2) is 34.3 Å². The Kier molecular flexibility index (Phi) is 3.52. The molecule has 0 amide bonds. The van der Waals surface area contributed by atoms with Crippen LogP contribution in [0.4, 0.5) is 5.82 Å². The lowest BCUT2D eigenvalue weighted by molar-refractivity contribution is 0.400. The van der Waals surface area contributed by atoms with E-state index in [2.05, 4.69) is 25.5 Å². The molecule has 2 aromatic rings. The lowest BCUT2D eigenvalue weighted by atomic mass is 10.5. The molecule has 0 atom stereocenters. The van der Waals surface area contributed by atoms with Crippen LogP contribution in [-0.2, 0) is 0 Å². The predicted octanol–water partition coefficient (Wildman–Crippen LogP) is 1.53. The van der Waals surface area contributed by atoms with Crippen molar-refractivity contribution in [3.05, 3.63) is 11.8 Å². The molecule has 0 bridgehead atoms. The first-order valence-electron chi connectivity index (χ1n) is 4.36. The summed E-state index contributed by atoms with van der Waals surface area (Å²) in [5, 5.41) is 11.4. The molecule has 0 aromatic carbocycles. The van der Waals surface area contributed by atoms with Gasteiger partial charge < -0.3 is 10.1 Å². The van der Waals surface area contributed by atoms with Crippen molar-refractivity contribution < 1.29 is 4.74 Å². The van der Waals surface area contributed by atoms with E-state index in [1.165, 1.54) is 29.4 Å². The summed E-state index contributed by atoms with van der Waals surface area (Å²) in [4.78, 5) is 8.22. The third kappa shape index (κ3) is 2.22. The number of rotatable bonds is 4. The third-order valence-electron chi connectivity index (χ3n) is 1.74. The predicted molar refractivity (Wildman–Crippen MR) is 62.2 cm³/mol. The van der Waals surface area contributed by atoms with Crippen LogP contribution in [0.5, 0.6) is 5.75 Å². The largest absolute Gasteiger partial charge is 0.490 e. The fourth-order valence-electron chi connectivity index (χ4n) is 1.08. The van der Waals surface area contributed by atoms with Crippen LogP contribution < -0.4 is 10.1 Å². The van der Waals surface area contributed by atoms with E-state index in [4.69, 9.17) is 4.74 Å². The second-order valence-electron chi connectivity index (χ2n) is 2.62. The molecule has 0 saturated carbocycles. The van der Waals surface area contributed by atoms with E-state index in [9.17, 15) is 0 Å². The summed E-state index contributed by atoms with van der Waals surface area (Å²) in [7, 11) is 3.37. The normalized spacial score (nSPS) is 10.1. The fraction of sp³-hybridized carbons (Fsp3) is 0.250. The van der Waals surface area contributed by atoms with Gasteiger partial charge in [-0.1, -0.05) is 11.3 Å². The number of nitrogens with zero attached hydrogens (tertiary/aromatic N) is 4. The lowest BCUT2D eigenvalue weighted by Gasteiger charge is -2.08. The van der Waals surface area contributed by atoms with Gasteiger partial charge in [0.1, 0.15) is 11.8 Å². The van der Waals surface area contributed by atoms with E-state index >= 15 is 0 Å². The van der Waals surface area contributed by atoms with Crippen molar-refractivity contribution in [1.29, 1.82) is 0 Å². The highest BCUT2D eigenvalue weighted by Gasteiger charge is 2.13. The van der Waals surface area contributed by atoms with Gasteiger partial charge in [-0.3, -0.25) is 0 Å². The summed E-state index contributed by atoms with van der Waals surface area (Å²) in [6, 6.07) is 0. The molecule has 0 unspecified atom stereocenters. The summed E-state index contributed by atoms with van der Waals surface area (Å²) >= 11 is 2.86. The Labute approximate surface area is 100 Å². The molecule has 2 heterocycles. The van der Waals surface area contributed by atoms with Gasteiger partial charge in [-0.2, -0.15) is 0 Å². The molecule has 0 fully saturated rings. The third-order valence-corrected chi connectivity index (χ3v) is 3.50. The standard InChI is InChI=1S/C8H9N5OS2/c1-9-6-5(14-2)7(11-3-10-6)16-8-13-12-4-15-8/h3-4H,1-2H3,(H,9,10,11). The van der Waals surface area contributed by atoms with Gasteiger partial charge in [-0.05, 0) is 11.8 Å². The van der Waals surface area contributed by atoms with E-state index in [-0.39, 0.29) is 0 Å². The van der Waals surface area contributed by atoms with Crippen molar-refractivity contribution >= 4 is 28.9 Å². The number of anilines is 1. The zero-order valence-electron chi connectivity index (χ0n) is 8.67. The van der Waals surface area contributed by atoms with Crippen LogP contribution in [0.25, 0.3) is 0 Å². The fourth-order valence-corrected chi connectivity index (χ4v) is 2.55. The highest BCUT2D eigenvalue weighted by Crippen LogP contribution is 2.36. The lowest BCUT2D eigenvalue weighted by Crippen LogP contribution is -1.99. The molecule has 84 valence electrons. The molecule has 0 aliphatic carbocycles. The highest BCUT2D eigenvalue weighted by atomic mass is 32.2. The van der Waals surface area contributed by atoms with Crippen LogP contribution >= 0.6 is 23.1 Å². The van der Waals surface area contributed by atoms with Crippen molar-refractivity contribution in [1.82, 2.24) is 20.2 Å². The topological polar surface area (TPSA) is 72.8 Å². The first-order valence-corrected chi connectivity index (χ1v) is 6.05. The molecule has 8 heteroatoms. The Balaban J connectivity index is 2.33. The summed E-state index contributed by atoms with van der Waals surface area (Å²) in [5.41, 5.74) is 1.68. The molecule has 0 aliphatic rings. The summed E-state index contributed by atoms with van der Waals surface area (Å²) in [5.74, 6) is 1.27. The quantitative estimate of drug-likeness (QED) is 0.830. The van der Waals surface area contributed by atoms with Crippen LogP contribution in [0, 0.1) is 0 Å². The maximum Gasteiger partial charge on any atom is 0.194 e. The molecule has 1 N–H and O–H groups in total. The molecule has 16 heavy (non-hydrogen) atoms. The molecule has 0 aliphatic heterocycles. The van der Waals surface area contributed by atoms with E-state index < -0.39 is 0 Å². The maximum atomic E-state index is 5.26. The SMILES string of the molecule is CNc1ncnc(Sc2nncs2)c1OC. The van der Waals surface area contributed by atoms with E-state index in [1.807, 2.05) is 0 Å². The maximum absolute atomic E-state index is 5.26. The van der Waals surface area contributed by atoms with Crippen molar-refractivity contribution in [2.75, 3.05) is 19.5 Å². The number of hydrogen-bond donors (Lipinski definition) is 1. The zero-order valence-corrected chi connectivity index (χ0v) is 10.3. The highest BCUT2D eigenvalue weighted by molar-refractivity contribution is 8.01. The smallest absolute Gasteiger partial charge is 0.194 e. The number of ether oxygens (including phenoxy) is 1. The van der Waals surface area contributed by atoms with Gasteiger partial charge in [0.05, 0.1) is 7.11 Å².